The van der Waals surface area contributed by atoms with Crippen molar-refractivity contribution in [3.8, 4) is 0 Å². The highest BCUT2D eigenvalue weighted by Crippen LogP contribution is 2.33. The fraction of sp³-hybridized carbons (Fsp3) is 0.400. The monoisotopic (exact) mass is 265 g/mol. The van der Waals surface area contributed by atoms with Crippen LogP contribution in [0.1, 0.15) is 31.2 Å². The van der Waals surface area contributed by atoms with Crippen molar-refractivity contribution < 1.29 is 0 Å². The van der Waals surface area contributed by atoms with Gasteiger partial charge in [-0.2, -0.15) is 0 Å². The van der Waals surface area contributed by atoms with Gasteiger partial charge in [-0.1, -0.05) is 13.8 Å². The Balaban J connectivity index is 2.37. The molecule has 0 aliphatic carbocycles. The van der Waals surface area contributed by atoms with Crippen LogP contribution in [0, 0.1) is 6.92 Å². The highest BCUT2D eigenvalue weighted by molar-refractivity contribution is 7.99. The van der Waals surface area contributed by atoms with E-state index in [1.54, 1.807) is 0 Å². The number of aromatic nitrogens is 5. The standard InChI is InChI=1S/C10H15N7S/c1-5(2)7-8(15-11)12-4-13-9(7)18-10-14-6(3)16-17-10/h4-5H,11H2,1-3H3,(H,12,13,15)(H,14,16,17). The molecule has 2 aromatic heterocycles. The third kappa shape index (κ3) is 2.59. The van der Waals surface area contributed by atoms with Gasteiger partial charge in [-0.15, -0.1) is 5.10 Å². The summed E-state index contributed by atoms with van der Waals surface area (Å²) in [6, 6.07) is 0. The van der Waals surface area contributed by atoms with Crippen LogP contribution in [-0.4, -0.2) is 25.1 Å². The van der Waals surface area contributed by atoms with Crippen molar-refractivity contribution in [3.05, 3.63) is 17.7 Å². The van der Waals surface area contributed by atoms with E-state index >= 15 is 0 Å². The van der Waals surface area contributed by atoms with Crippen molar-refractivity contribution in [1.82, 2.24) is 25.1 Å². The Hall–Kier alpha value is -1.67. The van der Waals surface area contributed by atoms with Gasteiger partial charge in [0.25, 0.3) is 0 Å². The number of hydrazine groups is 1. The van der Waals surface area contributed by atoms with Crippen LogP contribution in [0.25, 0.3) is 0 Å². The predicted molar refractivity (Wildman–Crippen MR) is 69.2 cm³/mol. The number of aromatic amines is 1. The second-order valence-electron chi connectivity index (χ2n) is 4.05. The van der Waals surface area contributed by atoms with E-state index in [1.165, 1.54) is 18.1 Å². The van der Waals surface area contributed by atoms with Gasteiger partial charge in [0.2, 0.25) is 5.16 Å². The van der Waals surface area contributed by atoms with Gasteiger partial charge in [-0.3, -0.25) is 5.10 Å². The fourth-order valence-corrected chi connectivity index (χ4v) is 2.54. The van der Waals surface area contributed by atoms with Crippen molar-refractivity contribution in [2.24, 2.45) is 5.84 Å². The number of nitrogen functional groups attached to an aromatic ring is 1. The van der Waals surface area contributed by atoms with Crippen LogP contribution < -0.4 is 11.3 Å². The van der Waals surface area contributed by atoms with E-state index in [4.69, 9.17) is 5.84 Å². The lowest BCUT2D eigenvalue weighted by atomic mass is 10.1. The topological polar surface area (TPSA) is 105 Å². The van der Waals surface area contributed by atoms with Gasteiger partial charge < -0.3 is 5.43 Å². The minimum Gasteiger partial charge on any atom is -0.308 e. The second-order valence-corrected chi connectivity index (χ2v) is 5.00. The minimum absolute atomic E-state index is 0.250. The molecule has 0 unspecified atom stereocenters. The molecule has 4 N–H and O–H groups in total. The van der Waals surface area contributed by atoms with Crippen LogP contribution >= 0.6 is 11.8 Å². The molecule has 0 spiro atoms. The average Bonchev–Trinajstić information content (AvgIpc) is 2.74. The molecule has 0 bridgehead atoms. The molecule has 0 aliphatic rings. The Morgan fingerprint density at radius 2 is 2.17 bits per heavy atom. The molecule has 0 saturated heterocycles. The number of rotatable bonds is 4. The first-order valence-electron chi connectivity index (χ1n) is 5.50. The molecule has 0 amide bonds. The molecular formula is C10H15N7S. The zero-order chi connectivity index (χ0) is 13.1. The SMILES string of the molecule is Cc1nc(Sc2ncnc(NN)c2C(C)C)n[nH]1. The smallest absolute Gasteiger partial charge is 0.214 e. The summed E-state index contributed by atoms with van der Waals surface area (Å²) >= 11 is 1.39. The van der Waals surface area contributed by atoms with Crippen molar-refractivity contribution in [1.29, 1.82) is 0 Å². The molecule has 2 aromatic rings. The van der Waals surface area contributed by atoms with Crippen molar-refractivity contribution in [2.45, 2.75) is 36.9 Å². The summed E-state index contributed by atoms with van der Waals surface area (Å²) in [6.07, 6.45) is 1.48. The zero-order valence-corrected chi connectivity index (χ0v) is 11.2. The molecule has 0 fully saturated rings. The van der Waals surface area contributed by atoms with Crippen LogP contribution in [0.4, 0.5) is 5.82 Å². The summed E-state index contributed by atoms with van der Waals surface area (Å²) < 4.78 is 0. The Morgan fingerprint density at radius 3 is 2.72 bits per heavy atom. The molecular weight excluding hydrogens is 250 g/mol. The first-order valence-corrected chi connectivity index (χ1v) is 6.31. The van der Waals surface area contributed by atoms with Crippen molar-refractivity contribution in [3.63, 3.8) is 0 Å². The lowest BCUT2D eigenvalue weighted by Crippen LogP contribution is -2.13. The van der Waals surface area contributed by atoms with Gasteiger partial charge in [0.05, 0.1) is 0 Å². The van der Waals surface area contributed by atoms with Gasteiger partial charge in [0, 0.05) is 5.56 Å². The van der Waals surface area contributed by atoms with Gasteiger partial charge in [-0.05, 0) is 24.6 Å². The summed E-state index contributed by atoms with van der Waals surface area (Å²) in [7, 11) is 0. The number of hydrogen-bond donors (Lipinski definition) is 3. The molecule has 0 atom stereocenters. The predicted octanol–water partition coefficient (Wildman–Crippen LogP) is 1.46. The van der Waals surface area contributed by atoms with E-state index in [0.29, 0.717) is 11.0 Å². The average molecular weight is 265 g/mol. The van der Waals surface area contributed by atoms with Crippen LogP contribution in [0.5, 0.6) is 0 Å². The number of anilines is 1. The first-order chi connectivity index (χ1) is 8.61. The highest BCUT2D eigenvalue weighted by atomic mass is 32.2. The first kappa shape index (κ1) is 12.8. The van der Waals surface area contributed by atoms with E-state index in [-0.39, 0.29) is 5.92 Å². The summed E-state index contributed by atoms with van der Waals surface area (Å²) in [6.45, 7) is 5.98. The third-order valence-corrected chi connectivity index (χ3v) is 3.21. The quantitative estimate of drug-likeness (QED) is 0.436. The summed E-state index contributed by atoms with van der Waals surface area (Å²) in [5, 5.41) is 8.33. The minimum atomic E-state index is 0.250. The number of H-pyrrole nitrogens is 1. The Labute approximate surface area is 109 Å². The van der Waals surface area contributed by atoms with E-state index < -0.39 is 0 Å². The molecule has 2 heterocycles. The molecule has 0 radical (unpaired) electrons. The third-order valence-electron chi connectivity index (χ3n) is 2.33. The molecule has 0 aliphatic heterocycles. The zero-order valence-electron chi connectivity index (χ0n) is 10.4. The Bertz CT molecular complexity index is 537. The molecule has 8 heteroatoms. The van der Waals surface area contributed by atoms with Gasteiger partial charge in [0.15, 0.2) is 0 Å². The molecule has 7 nitrogen and oxygen atoms in total. The molecule has 0 saturated carbocycles. The van der Waals surface area contributed by atoms with E-state index in [2.05, 4.69) is 44.4 Å². The van der Waals surface area contributed by atoms with Crippen LogP contribution in [0.3, 0.4) is 0 Å². The maximum absolute atomic E-state index is 5.47. The normalized spacial score (nSPS) is 10.9. The fourth-order valence-electron chi connectivity index (χ4n) is 1.55. The maximum atomic E-state index is 5.47. The number of hydrogen-bond acceptors (Lipinski definition) is 7. The number of nitrogens with zero attached hydrogens (tertiary/aromatic N) is 4. The van der Waals surface area contributed by atoms with Gasteiger partial charge >= 0.3 is 0 Å². The Kier molecular flexibility index (Phi) is 3.78. The second kappa shape index (κ2) is 5.32. The van der Waals surface area contributed by atoms with Crippen LogP contribution in [0.15, 0.2) is 16.5 Å². The summed E-state index contributed by atoms with van der Waals surface area (Å²) in [5.41, 5.74) is 3.56. The lowest BCUT2D eigenvalue weighted by Gasteiger charge is -2.13. The van der Waals surface area contributed by atoms with E-state index in [1.807, 2.05) is 6.92 Å². The Morgan fingerprint density at radius 1 is 1.39 bits per heavy atom. The van der Waals surface area contributed by atoms with Crippen LogP contribution in [-0.2, 0) is 0 Å². The summed E-state index contributed by atoms with van der Waals surface area (Å²) in [5.74, 6) is 7.12. The largest absolute Gasteiger partial charge is 0.308 e. The highest BCUT2D eigenvalue weighted by Gasteiger charge is 2.16. The summed E-state index contributed by atoms with van der Waals surface area (Å²) in [4.78, 5) is 12.6. The maximum Gasteiger partial charge on any atom is 0.214 e. The van der Waals surface area contributed by atoms with Crippen molar-refractivity contribution in [2.75, 3.05) is 5.43 Å². The van der Waals surface area contributed by atoms with Gasteiger partial charge in [-0.25, -0.2) is 20.8 Å². The molecule has 96 valence electrons. The van der Waals surface area contributed by atoms with E-state index in [0.717, 1.165) is 16.4 Å². The van der Waals surface area contributed by atoms with E-state index in [9.17, 15) is 0 Å². The number of aryl methyl sites for hydroxylation is 1. The molecule has 0 aromatic carbocycles. The van der Waals surface area contributed by atoms with Gasteiger partial charge in [0.1, 0.15) is 23.0 Å². The molecule has 18 heavy (non-hydrogen) atoms. The van der Waals surface area contributed by atoms with Crippen molar-refractivity contribution >= 4 is 17.6 Å². The molecule has 2 rings (SSSR count). The number of nitrogens with two attached hydrogens (primary N) is 1. The van der Waals surface area contributed by atoms with Crippen LogP contribution in [0.2, 0.25) is 0 Å². The number of nitrogens with one attached hydrogen (secondary N) is 2. The lowest BCUT2D eigenvalue weighted by molar-refractivity contribution is 0.802.